The van der Waals surface area contributed by atoms with Crippen LogP contribution in [-0.4, -0.2) is 30.2 Å². The van der Waals surface area contributed by atoms with Gasteiger partial charge in [-0.05, 0) is 6.92 Å². The highest BCUT2D eigenvalue weighted by molar-refractivity contribution is 5.88. The molecule has 2 amide bonds. The van der Waals surface area contributed by atoms with Gasteiger partial charge in [0.2, 0.25) is 0 Å². The maximum absolute atomic E-state index is 10.9. The SMILES string of the molecule is C=C(C)C(=O)ON1CCNC1=O. The van der Waals surface area contributed by atoms with Crippen LogP contribution in [0.3, 0.4) is 0 Å². The third-order valence-corrected chi connectivity index (χ3v) is 1.36. The molecule has 1 saturated heterocycles. The molecule has 66 valence electrons. The predicted molar refractivity (Wildman–Crippen MR) is 41.0 cm³/mol. The Morgan fingerprint density at radius 2 is 2.42 bits per heavy atom. The molecule has 1 N–H and O–H groups in total. The molecule has 1 aliphatic heterocycles. The fourth-order valence-corrected chi connectivity index (χ4v) is 0.719. The van der Waals surface area contributed by atoms with Crippen LogP contribution in [0.1, 0.15) is 6.92 Å². The number of carbonyl (C=O) groups excluding carboxylic acids is 2. The zero-order chi connectivity index (χ0) is 9.14. The van der Waals surface area contributed by atoms with Gasteiger partial charge >= 0.3 is 12.0 Å². The molecule has 1 heterocycles. The van der Waals surface area contributed by atoms with Gasteiger partial charge in [0.25, 0.3) is 0 Å². The smallest absolute Gasteiger partial charge is 0.334 e. The van der Waals surface area contributed by atoms with Gasteiger partial charge in [0.1, 0.15) is 0 Å². The lowest BCUT2D eigenvalue weighted by molar-refractivity contribution is -0.168. The van der Waals surface area contributed by atoms with Crippen LogP contribution in [0.25, 0.3) is 0 Å². The minimum Gasteiger partial charge on any atom is -0.334 e. The summed E-state index contributed by atoms with van der Waals surface area (Å²) in [6.07, 6.45) is 0. The van der Waals surface area contributed by atoms with Crippen LogP contribution in [0.15, 0.2) is 12.2 Å². The Morgan fingerprint density at radius 1 is 1.75 bits per heavy atom. The van der Waals surface area contributed by atoms with Gasteiger partial charge in [0, 0.05) is 12.1 Å². The van der Waals surface area contributed by atoms with Gasteiger partial charge in [-0.25, -0.2) is 9.59 Å². The number of rotatable bonds is 2. The molecule has 0 spiro atoms. The highest BCUT2D eigenvalue weighted by atomic mass is 16.7. The first-order valence-electron chi connectivity index (χ1n) is 3.54. The van der Waals surface area contributed by atoms with E-state index in [-0.39, 0.29) is 11.6 Å². The third kappa shape index (κ3) is 1.75. The molecule has 12 heavy (non-hydrogen) atoms. The van der Waals surface area contributed by atoms with E-state index in [1.807, 2.05) is 0 Å². The molecule has 5 heteroatoms. The number of amides is 2. The minimum absolute atomic E-state index is 0.273. The van der Waals surface area contributed by atoms with Crippen LogP contribution >= 0.6 is 0 Å². The van der Waals surface area contributed by atoms with E-state index in [1.54, 1.807) is 0 Å². The molecule has 0 aliphatic carbocycles. The van der Waals surface area contributed by atoms with Crippen LogP contribution in [0.5, 0.6) is 0 Å². The van der Waals surface area contributed by atoms with Crippen LogP contribution in [0, 0.1) is 0 Å². The summed E-state index contributed by atoms with van der Waals surface area (Å²) in [4.78, 5) is 26.4. The van der Waals surface area contributed by atoms with Crippen molar-refractivity contribution < 1.29 is 14.4 Å². The van der Waals surface area contributed by atoms with Crippen LogP contribution in [0.2, 0.25) is 0 Å². The molecule has 5 nitrogen and oxygen atoms in total. The standard InChI is InChI=1S/C7H10N2O3/c1-5(2)6(10)12-9-4-3-8-7(9)11/h1,3-4H2,2H3,(H,8,11). The van der Waals surface area contributed by atoms with Gasteiger partial charge in [-0.1, -0.05) is 6.58 Å². The summed E-state index contributed by atoms with van der Waals surface area (Å²) >= 11 is 0. The number of carbonyl (C=O) groups is 2. The van der Waals surface area contributed by atoms with Crippen LogP contribution < -0.4 is 5.32 Å². The van der Waals surface area contributed by atoms with Gasteiger partial charge in [0.15, 0.2) is 0 Å². The zero-order valence-corrected chi connectivity index (χ0v) is 6.79. The monoisotopic (exact) mass is 170 g/mol. The second-order valence-corrected chi connectivity index (χ2v) is 2.49. The topological polar surface area (TPSA) is 58.6 Å². The summed E-state index contributed by atoms with van der Waals surface area (Å²) in [6, 6.07) is -0.385. The summed E-state index contributed by atoms with van der Waals surface area (Å²) in [7, 11) is 0. The number of nitrogens with zero attached hydrogens (tertiary/aromatic N) is 1. The molecule has 0 aromatic heterocycles. The van der Waals surface area contributed by atoms with Crippen molar-refractivity contribution in [2.75, 3.05) is 13.1 Å². The van der Waals surface area contributed by atoms with Gasteiger partial charge in [-0.15, -0.1) is 0 Å². The highest BCUT2D eigenvalue weighted by Gasteiger charge is 2.23. The molecule has 1 aliphatic rings. The van der Waals surface area contributed by atoms with Crippen molar-refractivity contribution in [1.82, 2.24) is 10.4 Å². The quantitative estimate of drug-likeness (QED) is 0.595. The summed E-state index contributed by atoms with van der Waals surface area (Å²) in [6.45, 7) is 5.80. The summed E-state index contributed by atoms with van der Waals surface area (Å²) in [5.41, 5.74) is 0.273. The lowest BCUT2D eigenvalue weighted by Gasteiger charge is -2.12. The van der Waals surface area contributed by atoms with E-state index in [2.05, 4.69) is 16.7 Å². The average molecular weight is 170 g/mol. The summed E-state index contributed by atoms with van der Waals surface area (Å²) in [5, 5.41) is 3.48. The van der Waals surface area contributed by atoms with Crippen molar-refractivity contribution in [1.29, 1.82) is 0 Å². The number of urea groups is 1. The number of hydrogen-bond donors (Lipinski definition) is 1. The van der Waals surface area contributed by atoms with Crippen molar-refractivity contribution in [2.45, 2.75) is 6.92 Å². The summed E-state index contributed by atoms with van der Waals surface area (Å²) in [5.74, 6) is -0.577. The Morgan fingerprint density at radius 3 is 2.83 bits per heavy atom. The van der Waals surface area contributed by atoms with Gasteiger partial charge in [0.05, 0.1) is 6.54 Å². The molecule has 0 aromatic carbocycles. The first-order chi connectivity index (χ1) is 5.61. The Labute approximate surface area is 69.9 Å². The molecule has 0 radical (unpaired) electrons. The largest absolute Gasteiger partial charge is 0.358 e. The number of hydroxylamine groups is 2. The van der Waals surface area contributed by atoms with E-state index in [0.717, 1.165) is 5.06 Å². The summed E-state index contributed by atoms with van der Waals surface area (Å²) < 4.78 is 0. The fraction of sp³-hybridized carbons (Fsp3) is 0.429. The van der Waals surface area contributed by atoms with Gasteiger partial charge in [-0.2, -0.15) is 5.06 Å². The van der Waals surface area contributed by atoms with Crippen LogP contribution in [-0.2, 0) is 9.63 Å². The van der Waals surface area contributed by atoms with E-state index < -0.39 is 5.97 Å². The molecular formula is C7H10N2O3. The maximum Gasteiger partial charge on any atom is 0.358 e. The second kappa shape index (κ2) is 3.25. The second-order valence-electron chi connectivity index (χ2n) is 2.49. The molecule has 0 atom stereocenters. The molecule has 1 fully saturated rings. The first-order valence-corrected chi connectivity index (χ1v) is 3.54. The van der Waals surface area contributed by atoms with Gasteiger partial charge in [-0.3, -0.25) is 0 Å². The van der Waals surface area contributed by atoms with Crippen molar-refractivity contribution in [3.05, 3.63) is 12.2 Å². The molecule has 0 saturated carbocycles. The van der Waals surface area contributed by atoms with Crippen molar-refractivity contribution in [2.24, 2.45) is 0 Å². The normalized spacial score (nSPS) is 15.8. The Balaban J connectivity index is 2.46. The Kier molecular flexibility index (Phi) is 2.32. The van der Waals surface area contributed by atoms with E-state index >= 15 is 0 Å². The number of hydrogen-bond acceptors (Lipinski definition) is 3. The van der Waals surface area contributed by atoms with Crippen LogP contribution in [0.4, 0.5) is 4.79 Å². The number of nitrogens with one attached hydrogen (secondary N) is 1. The molecule has 0 aromatic rings. The van der Waals surface area contributed by atoms with E-state index in [9.17, 15) is 9.59 Å². The zero-order valence-electron chi connectivity index (χ0n) is 6.79. The first kappa shape index (κ1) is 8.58. The minimum atomic E-state index is -0.577. The predicted octanol–water partition coefficient (Wildman–Crippen LogP) is 0.0459. The van der Waals surface area contributed by atoms with Crippen molar-refractivity contribution >= 4 is 12.0 Å². The van der Waals surface area contributed by atoms with Crippen molar-refractivity contribution in [3.63, 3.8) is 0 Å². The van der Waals surface area contributed by atoms with E-state index in [0.29, 0.717) is 13.1 Å². The molecular weight excluding hydrogens is 160 g/mol. The van der Waals surface area contributed by atoms with E-state index in [1.165, 1.54) is 6.92 Å². The Bertz CT molecular complexity index is 237. The lowest BCUT2D eigenvalue weighted by atomic mass is 10.4. The van der Waals surface area contributed by atoms with E-state index in [4.69, 9.17) is 0 Å². The Hall–Kier alpha value is -1.52. The van der Waals surface area contributed by atoms with Gasteiger partial charge < -0.3 is 10.2 Å². The average Bonchev–Trinajstić information content (AvgIpc) is 2.36. The fourth-order valence-electron chi connectivity index (χ4n) is 0.719. The molecule has 0 bridgehead atoms. The molecule has 0 unspecified atom stereocenters. The lowest BCUT2D eigenvalue weighted by Crippen LogP contribution is -2.31. The van der Waals surface area contributed by atoms with Crippen molar-refractivity contribution in [3.8, 4) is 0 Å². The maximum atomic E-state index is 10.9. The molecule has 1 rings (SSSR count). The third-order valence-electron chi connectivity index (χ3n) is 1.36. The highest BCUT2D eigenvalue weighted by Crippen LogP contribution is 2.01.